The third-order valence-electron chi connectivity index (χ3n) is 4.21. The number of rotatable bonds is 2. The third-order valence-corrected chi connectivity index (χ3v) is 4.46. The van der Waals surface area contributed by atoms with Gasteiger partial charge in [-0.2, -0.15) is 0 Å². The highest BCUT2D eigenvalue weighted by atomic mass is 35.5. The summed E-state index contributed by atoms with van der Waals surface area (Å²) in [5.41, 5.74) is 0.352. The summed E-state index contributed by atoms with van der Waals surface area (Å²) >= 11 is 5.57. The first kappa shape index (κ1) is 12.2. The van der Waals surface area contributed by atoms with Crippen molar-refractivity contribution in [1.82, 2.24) is 10.6 Å². The number of carbonyl (C=O) groups excluding carboxylic acids is 1. The van der Waals surface area contributed by atoms with Crippen LogP contribution in [0.15, 0.2) is 0 Å². The molecule has 2 rings (SSSR count). The maximum atomic E-state index is 11.4. The molecule has 0 aromatic rings. The summed E-state index contributed by atoms with van der Waals surface area (Å²) < 4.78 is 0. The summed E-state index contributed by atoms with van der Waals surface area (Å²) in [5.74, 6) is 0.0802. The number of hydrogen-bond donors (Lipinski definition) is 2. The Balaban J connectivity index is 2.03. The fraction of sp³-hybridized carbons (Fsp3) is 0.917. The minimum atomic E-state index is -0.00789. The number of hydrogen-bond acceptors (Lipinski definition) is 2. The Morgan fingerprint density at radius 3 is 2.75 bits per heavy atom. The molecule has 1 amide bonds. The van der Waals surface area contributed by atoms with Crippen LogP contribution < -0.4 is 10.6 Å². The first-order chi connectivity index (χ1) is 7.77. The monoisotopic (exact) mass is 244 g/mol. The van der Waals surface area contributed by atoms with Crippen molar-refractivity contribution in [2.75, 3.05) is 19.0 Å². The molecule has 0 aromatic carbocycles. The molecule has 1 aliphatic heterocycles. The Morgan fingerprint density at radius 1 is 1.31 bits per heavy atom. The lowest BCUT2D eigenvalue weighted by Crippen LogP contribution is -2.54. The van der Waals surface area contributed by atoms with Gasteiger partial charge in [-0.25, -0.2) is 0 Å². The van der Waals surface area contributed by atoms with Crippen LogP contribution in [0.5, 0.6) is 0 Å². The lowest BCUT2D eigenvalue weighted by molar-refractivity contribution is -0.121. The van der Waals surface area contributed by atoms with E-state index in [2.05, 4.69) is 10.6 Å². The zero-order valence-electron chi connectivity index (χ0n) is 9.73. The molecule has 1 aliphatic carbocycles. The molecule has 2 aliphatic rings. The molecule has 92 valence electrons. The first-order valence-corrected chi connectivity index (χ1v) is 6.86. The Hall–Kier alpha value is -0.280. The summed E-state index contributed by atoms with van der Waals surface area (Å²) in [4.78, 5) is 11.4. The smallest absolute Gasteiger partial charge is 0.235 e. The largest absolute Gasteiger partial charge is 0.352 e. The van der Waals surface area contributed by atoms with Crippen LogP contribution in [-0.4, -0.2) is 30.9 Å². The molecule has 1 atom stereocenters. The van der Waals surface area contributed by atoms with Crippen molar-refractivity contribution in [2.24, 2.45) is 5.41 Å². The molecule has 3 nitrogen and oxygen atoms in total. The highest BCUT2D eigenvalue weighted by Gasteiger charge is 2.41. The van der Waals surface area contributed by atoms with Gasteiger partial charge in [0.15, 0.2) is 0 Å². The second kappa shape index (κ2) is 5.37. The number of carbonyl (C=O) groups is 1. The number of piperidine rings is 1. The summed E-state index contributed by atoms with van der Waals surface area (Å²) in [5, 5.41) is 6.54. The second-order valence-electron chi connectivity index (χ2n) is 5.11. The van der Waals surface area contributed by atoms with Gasteiger partial charge in [0.1, 0.15) is 5.88 Å². The molecule has 0 aromatic heterocycles. The van der Waals surface area contributed by atoms with E-state index in [4.69, 9.17) is 11.6 Å². The SMILES string of the molecule is O=C(CCl)NC1CCCCC12CCNCC2. The molecular weight excluding hydrogens is 224 g/mol. The van der Waals surface area contributed by atoms with Crippen LogP contribution in [0.4, 0.5) is 0 Å². The fourth-order valence-corrected chi connectivity index (χ4v) is 3.36. The van der Waals surface area contributed by atoms with Crippen LogP contribution in [0, 0.1) is 5.41 Å². The van der Waals surface area contributed by atoms with Gasteiger partial charge in [-0.1, -0.05) is 12.8 Å². The van der Waals surface area contributed by atoms with Gasteiger partial charge in [0.25, 0.3) is 0 Å². The van der Waals surface area contributed by atoms with Crippen molar-refractivity contribution < 1.29 is 4.79 Å². The molecule has 1 unspecified atom stereocenters. The molecule has 0 bridgehead atoms. The Bertz CT molecular complexity index is 243. The van der Waals surface area contributed by atoms with Gasteiger partial charge in [0, 0.05) is 6.04 Å². The average molecular weight is 245 g/mol. The molecule has 1 spiro atoms. The standard InChI is InChI=1S/C12H21ClN2O/c13-9-11(16)15-10-3-1-2-4-12(10)5-7-14-8-6-12/h10,14H,1-9H2,(H,15,16). The minimum Gasteiger partial charge on any atom is -0.352 e. The van der Waals surface area contributed by atoms with Gasteiger partial charge >= 0.3 is 0 Å². The van der Waals surface area contributed by atoms with Crippen molar-refractivity contribution in [1.29, 1.82) is 0 Å². The van der Waals surface area contributed by atoms with Gasteiger partial charge in [0.05, 0.1) is 0 Å². The van der Waals surface area contributed by atoms with Gasteiger partial charge in [-0.15, -0.1) is 11.6 Å². The van der Waals surface area contributed by atoms with Crippen molar-refractivity contribution in [3.05, 3.63) is 0 Å². The Labute approximate surface area is 102 Å². The van der Waals surface area contributed by atoms with Crippen molar-refractivity contribution in [3.8, 4) is 0 Å². The molecule has 1 saturated heterocycles. The zero-order chi connectivity index (χ0) is 11.4. The predicted molar refractivity (Wildman–Crippen MR) is 65.7 cm³/mol. The topological polar surface area (TPSA) is 41.1 Å². The van der Waals surface area contributed by atoms with E-state index in [1.165, 1.54) is 32.1 Å². The maximum absolute atomic E-state index is 11.4. The molecular formula is C12H21ClN2O. The maximum Gasteiger partial charge on any atom is 0.235 e. The average Bonchev–Trinajstić information content (AvgIpc) is 2.33. The number of halogens is 1. The van der Waals surface area contributed by atoms with Crippen LogP contribution in [-0.2, 0) is 4.79 Å². The molecule has 1 heterocycles. The molecule has 1 saturated carbocycles. The summed E-state index contributed by atoms with van der Waals surface area (Å²) in [6.45, 7) is 2.18. The zero-order valence-corrected chi connectivity index (χ0v) is 10.5. The van der Waals surface area contributed by atoms with Crippen molar-refractivity contribution in [2.45, 2.75) is 44.6 Å². The van der Waals surface area contributed by atoms with Crippen LogP contribution in [0.1, 0.15) is 38.5 Å². The van der Waals surface area contributed by atoms with E-state index in [-0.39, 0.29) is 11.8 Å². The van der Waals surface area contributed by atoms with Crippen LogP contribution in [0.2, 0.25) is 0 Å². The van der Waals surface area contributed by atoms with Gasteiger partial charge in [-0.3, -0.25) is 4.79 Å². The third kappa shape index (κ3) is 2.51. The van der Waals surface area contributed by atoms with E-state index in [0.29, 0.717) is 11.5 Å². The molecule has 4 heteroatoms. The lowest BCUT2D eigenvalue weighted by Gasteiger charge is -2.47. The number of nitrogens with one attached hydrogen (secondary N) is 2. The molecule has 0 radical (unpaired) electrons. The minimum absolute atomic E-state index is 0.00789. The molecule has 2 N–H and O–H groups in total. The van der Waals surface area contributed by atoms with E-state index in [0.717, 1.165) is 19.5 Å². The molecule has 16 heavy (non-hydrogen) atoms. The van der Waals surface area contributed by atoms with Gasteiger partial charge < -0.3 is 10.6 Å². The van der Waals surface area contributed by atoms with Crippen molar-refractivity contribution >= 4 is 17.5 Å². The normalized spacial score (nSPS) is 28.9. The van der Waals surface area contributed by atoms with Gasteiger partial charge in [-0.05, 0) is 44.2 Å². The Kier molecular flexibility index (Phi) is 4.09. The van der Waals surface area contributed by atoms with E-state index < -0.39 is 0 Å². The van der Waals surface area contributed by atoms with Crippen molar-refractivity contribution in [3.63, 3.8) is 0 Å². The van der Waals surface area contributed by atoms with Gasteiger partial charge in [0.2, 0.25) is 5.91 Å². The lowest BCUT2D eigenvalue weighted by atomic mass is 9.65. The van der Waals surface area contributed by atoms with E-state index >= 15 is 0 Å². The summed E-state index contributed by atoms with van der Waals surface area (Å²) in [7, 11) is 0. The summed E-state index contributed by atoms with van der Waals surface area (Å²) in [6.07, 6.45) is 7.33. The first-order valence-electron chi connectivity index (χ1n) is 6.33. The Morgan fingerprint density at radius 2 is 2.06 bits per heavy atom. The number of amides is 1. The highest BCUT2D eigenvalue weighted by Crippen LogP contribution is 2.43. The van der Waals surface area contributed by atoms with Crippen LogP contribution in [0.25, 0.3) is 0 Å². The van der Waals surface area contributed by atoms with E-state index in [1.54, 1.807) is 0 Å². The number of alkyl halides is 1. The fourth-order valence-electron chi connectivity index (χ4n) is 3.29. The predicted octanol–water partition coefficient (Wildman–Crippen LogP) is 1.65. The van der Waals surface area contributed by atoms with Crippen LogP contribution in [0.3, 0.4) is 0 Å². The molecule has 2 fully saturated rings. The van der Waals surface area contributed by atoms with E-state index in [1.807, 2.05) is 0 Å². The quantitative estimate of drug-likeness (QED) is 0.726. The second-order valence-corrected chi connectivity index (χ2v) is 5.38. The van der Waals surface area contributed by atoms with E-state index in [9.17, 15) is 4.79 Å². The van der Waals surface area contributed by atoms with Crippen LogP contribution >= 0.6 is 11.6 Å². The summed E-state index contributed by atoms with van der Waals surface area (Å²) in [6, 6.07) is 0.356. The highest BCUT2D eigenvalue weighted by molar-refractivity contribution is 6.27.